The smallest absolute Gasteiger partial charge is 0.276 e. The van der Waals surface area contributed by atoms with E-state index in [4.69, 9.17) is 4.52 Å². The number of benzene rings is 1. The van der Waals surface area contributed by atoms with Crippen LogP contribution < -0.4 is 0 Å². The molecule has 5 heteroatoms. The molecule has 1 aromatic carbocycles. The molecule has 1 fully saturated rings. The molecule has 3 rings (SSSR count). The Hall–Kier alpha value is -2.17. The highest BCUT2D eigenvalue weighted by molar-refractivity contribution is 5.92. The summed E-state index contributed by atoms with van der Waals surface area (Å²) in [5, 5.41) is 3.78. The fraction of sp³-hybridized carbons (Fsp3) is 0.333. The fourth-order valence-electron chi connectivity index (χ4n) is 2.66. The van der Waals surface area contributed by atoms with Crippen molar-refractivity contribution in [2.75, 3.05) is 6.54 Å². The summed E-state index contributed by atoms with van der Waals surface area (Å²) in [5.41, 5.74) is 1.29. The largest absolute Gasteiger partial charge is 0.361 e. The van der Waals surface area contributed by atoms with Crippen molar-refractivity contribution >= 4 is 5.91 Å². The molecule has 1 atom stereocenters. The summed E-state index contributed by atoms with van der Waals surface area (Å²) in [6.07, 6.45) is 1.82. The Morgan fingerprint density at radius 2 is 2.15 bits per heavy atom. The Morgan fingerprint density at radius 1 is 1.40 bits per heavy atom. The maximum atomic E-state index is 13.0. The van der Waals surface area contributed by atoms with Gasteiger partial charge in [0.2, 0.25) is 0 Å². The second-order valence-electron chi connectivity index (χ2n) is 5.03. The second kappa shape index (κ2) is 5.07. The molecule has 1 amide bonds. The van der Waals surface area contributed by atoms with Gasteiger partial charge in [-0.25, -0.2) is 4.39 Å². The van der Waals surface area contributed by atoms with Crippen LogP contribution in [0.2, 0.25) is 0 Å². The Morgan fingerprint density at radius 3 is 2.80 bits per heavy atom. The first-order valence-corrected chi connectivity index (χ1v) is 6.65. The number of hydrogen-bond donors (Lipinski definition) is 0. The van der Waals surface area contributed by atoms with E-state index in [1.54, 1.807) is 30.0 Å². The molecule has 0 unspecified atom stereocenters. The standard InChI is InChI=1S/C15H15FN2O2/c1-10-9-13(17-20-10)15(19)18-8-2-3-14(18)11-4-6-12(16)7-5-11/h4-7,9,14H,2-3,8H2,1H3/t14-/m0/s1. The van der Waals surface area contributed by atoms with E-state index in [0.29, 0.717) is 18.0 Å². The molecule has 0 N–H and O–H groups in total. The normalized spacial score (nSPS) is 18.5. The van der Waals surface area contributed by atoms with Crippen LogP contribution in [0.5, 0.6) is 0 Å². The lowest BCUT2D eigenvalue weighted by Gasteiger charge is -2.24. The molecule has 2 aromatic rings. The Balaban J connectivity index is 1.85. The molecule has 104 valence electrons. The molecule has 20 heavy (non-hydrogen) atoms. The number of hydrogen-bond acceptors (Lipinski definition) is 3. The predicted octanol–water partition coefficient (Wildman–Crippen LogP) is 3.10. The van der Waals surface area contributed by atoms with Crippen molar-refractivity contribution in [3.8, 4) is 0 Å². The van der Waals surface area contributed by atoms with Gasteiger partial charge in [-0.2, -0.15) is 0 Å². The molecule has 0 aliphatic carbocycles. The summed E-state index contributed by atoms with van der Waals surface area (Å²) in [4.78, 5) is 14.2. The first kappa shape index (κ1) is 12.8. The molecule has 4 nitrogen and oxygen atoms in total. The lowest BCUT2D eigenvalue weighted by atomic mass is 10.0. The average molecular weight is 274 g/mol. The van der Waals surface area contributed by atoms with Crippen LogP contribution in [0.15, 0.2) is 34.9 Å². The van der Waals surface area contributed by atoms with Crippen LogP contribution in [0, 0.1) is 12.7 Å². The molecule has 0 radical (unpaired) electrons. The number of aromatic nitrogens is 1. The van der Waals surface area contributed by atoms with E-state index in [-0.39, 0.29) is 17.8 Å². The minimum absolute atomic E-state index is 0.0138. The monoisotopic (exact) mass is 274 g/mol. The molecule has 1 aliphatic rings. The number of aryl methyl sites for hydroxylation is 1. The molecule has 2 heterocycles. The Labute approximate surface area is 116 Å². The second-order valence-corrected chi connectivity index (χ2v) is 5.03. The van der Waals surface area contributed by atoms with E-state index >= 15 is 0 Å². The van der Waals surface area contributed by atoms with Gasteiger partial charge in [0.15, 0.2) is 5.69 Å². The first-order valence-electron chi connectivity index (χ1n) is 6.65. The van der Waals surface area contributed by atoms with Gasteiger partial charge < -0.3 is 9.42 Å². The lowest BCUT2D eigenvalue weighted by molar-refractivity contribution is 0.0725. The van der Waals surface area contributed by atoms with Crippen molar-refractivity contribution in [1.82, 2.24) is 10.1 Å². The van der Waals surface area contributed by atoms with Crippen LogP contribution in [0.1, 0.15) is 40.7 Å². The highest BCUT2D eigenvalue weighted by Gasteiger charge is 2.31. The molecule has 1 saturated heterocycles. The van der Waals surface area contributed by atoms with E-state index in [0.717, 1.165) is 18.4 Å². The van der Waals surface area contributed by atoms with Gasteiger partial charge in [-0.05, 0) is 37.5 Å². The van der Waals surface area contributed by atoms with E-state index in [1.165, 1.54) is 12.1 Å². The highest BCUT2D eigenvalue weighted by Crippen LogP contribution is 2.33. The van der Waals surface area contributed by atoms with Crippen molar-refractivity contribution in [3.05, 3.63) is 53.2 Å². The lowest BCUT2D eigenvalue weighted by Crippen LogP contribution is -2.30. The van der Waals surface area contributed by atoms with Gasteiger partial charge in [-0.1, -0.05) is 17.3 Å². The number of rotatable bonds is 2. The number of likely N-dealkylation sites (tertiary alicyclic amines) is 1. The minimum Gasteiger partial charge on any atom is -0.361 e. The number of carbonyl (C=O) groups excluding carboxylic acids is 1. The molecule has 0 bridgehead atoms. The summed E-state index contributed by atoms with van der Waals surface area (Å²) in [7, 11) is 0. The maximum absolute atomic E-state index is 13.0. The van der Waals surface area contributed by atoms with Crippen molar-refractivity contribution < 1.29 is 13.7 Å². The SMILES string of the molecule is Cc1cc(C(=O)N2CCC[C@H]2c2ccc(F)cc2)no1. The first-order chi connectivity index (χ1) is 9.65. The zero-order valence-electron chi connectivity index (χ0n) is 11.2. The van der Waals surface area contributed by atoms with Crippen LogP contribution in [0.3, 0.4) is 0 Å². The van der Waals surface area contributed by atoms with Crippen LogP contribution in [0.25, 0.3) is 0 Å². The zero-order valence-corrected chi connectivity index (χ0v) is 11.2. The van der Waals surface area contributed by atoms with Gasteiger partial charge in [-0.15, -0.1) is 0 Å². The van der Waals surface area contributed by atoms with E-state index in [1.807, 2.05) is 0 Å². The third-order valence-corrected chi connectivity index (χ3v) is 3.62. The van der Waals surface area contributed by atoms with Crippen molar-refractivity contribution in [2.45, 2.75) is 25.8 Å². The summed E-state index contributed by atoms with van der Waals surface area (Å²) in [6, 6.07) is 7.95. The number of carbonyl (C=O) groups is 1. The summed E-state index contributed by atoms with van der Waals surface area (Å²) >= 11 is 0. The average Bonchev–Trinajstić information content (AvgIpc) is 3.07. The molecule has 1 aliphatic heterocycles. The third-order valence-electron chi connectivity index (χ3n) is 3.62. The minimum atomic E-state index is -0.267. The van der Waals surface area contributed by atoms with Crippen LogP contribution in [-0.2, 0) is 0 Å². The predicted molar refractivity (Wildman–Crippen MR) is 70.7 cm³/mol. The quantitative estimate of drug-likeness (QED) is 0.845. The molecular weight excluding hydrogens is 259 g/mol. The van der Waals surface area contributed by atoms with E-state index in [9.17, 15) is 9.18 Å². The Kier molecular flexibility index (Phi) is 3.26. The van der Waals surface area contributed by atoms with Crippen molar-refractivity contribution in [3.63, 3.8) is 0 Å². The van der Waals surface area contributed by atoms with E-state index < -0.39 is 0 Å². The summed E-state index contributed by atoms with van der Waals surface area (Å²) in [6.45, 7) is 2.44. The van der Waals surface area contributed by atoms with Gasteiger partial charge in [0.05, 0.1) is 6.04 Å². The van der Waals surface area contributed by atoms with Crippen molar-refractivity contribution in [2.24, 2.45) is 0 Å². The fourth-order valence-corrected chi connectivity index (χ4v) is 2.66. The number of halogens is 1. The number of amides is 1. The molecule has 0 spiro atoms. The van der Waals surface area contributed by atoms with E-state index in [2.05, 4.69) is 5.16 Å². The highest BCUT2D eigenvalue weighted by atomic mass is 19.1. The summed E-state index contributed by atoms with van der Waals surface area (Å²) < 4.78 is 17.9. The topological polar surface area (TPSA) is 46.3 Å². The van der Waals surface area contributed by atoms with Crippen LogP contribution in [-0.4, -0.2) is 22.5 Å². The maximum Gasteiger partial charge on any atom is 0.276 e. The van der Waals surface area contributed by atoms with Gasteiger partial charge >= 0.3 is 0 Å². The van der Waals surface area contributed by atoms with Gasteiger partial charge in [0, 0.05) is 12.6 Å². The molecule has 1 aromatic heterocycles. The van der Waals surface area contributed by atoms with Gasteiger partial charge in [0.1, 0.15) is 11.6 Å². The van der Waals surface area contributed by atoms with Crippen LogP contribution >= 0.6 is 0 Å². The molecule has 0 saturated carbocycles. The van der Waals surface area contributed by atoms with Gasteiger partial charge in [-0.3, -0.25) is 4.79 Å². The van der Waals surface area contributed by atoms with Crippen LogP contribution in [0.4, 0.5) is 4.39 Å². The Bertz CT molecular complexity index is 621. The molecular formula is C15H15FN2O2. The summed E-state index contributed by atoms with van der Waals surface area (Å²) in [5.74, 6) is 0.219. The van der Waals surface area contributed by atoms with Gasteiger partial charge in [0.25, 0.3) is 5.91 Å². The van der Waals surface area contributed by atoms with Crippen molar-refractivity contribution in [1.29, 1.82) is 0 Å². The zero-order chi connectivity index (χ0) is 14.1. The number of nitrogens with zero attached hydrogens (tertiary/aromatic N) is 2. The third kappa shape index (κ3) is 2.31.